The Kier molecular flexibility index (Phi) is 3.14. The summed E-state index contributed by atoms with van der Waals surface area (Å²) in [5.74, 6) is 5.65. The number of hydrogen-bond acceptors (Lipinski definition) is 5. The number of rotatable bonds is 3. The van der Waals surface area contributed by atoms with Crippen LogP contribution in [0.25, 0.3) is 10.9 Å². The molecule has 3 rings (SSSR count). The zero-order valence-electron chi connectivity index (χ0n) is 10.2. The van der Waals surface area contributed by atoms with E-state index in [1.807, 2.05) is 30.3 Å². The van der Waals surface area contributed by atoms with Gasteiger partial charge < -0.3 is 0 Å². The number of aromatic nitrogens is 3. The van der Waals surface area contributed by atoms with Gasteiger partial charge in [0.2, 0.25) is 0 Å². The Labute approximate surface area is 110 Å². The smallest absolute Gasteiger partial charge is 0.115 e. The van der Waals surface area contributed by atoms with Gasteiger partial charge in [-0.2, -0.15) is 0 Å². The van der Waals surface area contributed by atoms with Gasteiger partial charge in [0.05, 0.1) is 17.3 Å². The van der Waals surface area contributed by atoms with Crippen molar-refractivity contribution in [1.29, 1.82) is 0 Å². The Morgan fingerprint density at radius 2 is 2.00 bits per heavy atom. The van der Waals surface area contributed by atoms with Crippen molar-refractivity contribution in [2.45, 2.75) is 6.04 Å². The number of hydrogen-bond donors (Lipinski definition) is 2. The summed E-state index contributed by atoms with van der Waals surface area (Å²) in [7, 11) is 0. The lowest BCUT2D eigenvalue weighted by Crippen LogP contribution is -2.29. The number of nitrogens with two attached hydrogens (primary N) is 1. The van der Waals surface area contributed by atoms with E-state index < -0.39 is 0 Å². The zero-order chi connectivity index (χ0) is 13.1. The van der Waals surface area contributed by atoms with E-state index in [2.05, 4.69) is 26.4 Å². The van der Waals surface area contributed by atoms with Gasteiger partial charge in [-0.05, 0) is 29.8 Å². The van der Waals surface area contributed by atoms with Crippen LogP contribution in [0.4, 0.5) is 0 Å². The fourth-order valence-electron chi connectivity index (χ4n) is 2.10. The first-order valence-corrected chi connectivity index (χ1v) is 5.95. The molecule has 1 atom stereocenters. The molecule has 5 heteroatoms. The molecule has 1 unspecified atom stereocenters. The van der Waals surface area contributed by atoms with Gasteiger partial charge in [-0.3, -0.25) is 10.8 Å². The average molecular weight is 251 g/mol. The van der Waals surface area contributed by atoms with Crippen molar-refractivity contribution in [3.8, 4) is 0 Å². The van der Waals surface area contributed by atoms with E-state index in [1.165, 1.54) is 6.33 Å². The third-order valence-corrected chi connectivity index (χ3v) is 3.03. The Balaban J connectivity index is 2.06. The maximum Gasteiger partial charge on any atom is 0.115 e. The van der Waals surface area contributed by atoms with Crippen LogP contribution in [-0.2, 0) is 0 Å². The van der Waals surface area contributed by atoms with Crippen molar-refractivity contribution >= 4 is 10.9 Å². The molecule has 0 amide bonds. The van der Waals surface area contributed by atoms with Gasteiger partial charge in [0.1, 0.15) is 6.33 Å². The summed E-state index contributed by atoms with van der Waals surface area (Å²) in [4.78, 5) is 12.5. The molecule has 0 saturated heterocycles. The van der Waals surface area contributed by atoms with Crippen molar-refractivity contribution < 1.29 is 0 Å². The average Bonchev–Trinajstić information content (AvgIpc) is 2.49. The summed E-state index contributed by atoms with van der Waals surface area (Å²) in [5, 5.41) is 1.08. The highest BCUT2D eigenvalue weighted by atomic mass is 15.2. The molecule has 19 heavy (non-hydrogen) atoms. The first-order valence-electron chi connectivity index (χ1n) is 5.95. The molecule has 2 heterocycles. The molecular formula is C14H13N5. The monoisotopic (exact) mass is 251 g/mol. The molecule has 0 radical (unpaired) electrons. The quantitative estimate of drug-likeness (QED) is 0.546. The second-order valence-electron chi connectivity index (χ2n) is 4.19. The molecule has 0 aliphatic carbocycles. The van der Waals surface area contributed by atoms with Gasteiger partial charge in [-0.15, -0.1) is 0 Å². The number of benzene rings is 1. The predicted octanol–water partition coefficient (Wildman–Crippen LogP) is 1.58. The third kappa shape index (κ3) is 2.29. The van der Waals surface area contributed by atoms with Crippen LogP contribution in [0.3, 0.4) is 0 Å². The van der Waals surface area contributed by atoms with Crippen molar-refractivity contribution in [1.82, 2.24) is 20.4 Å². The molecule has 1 aromatic carbocycles. The Bertz CT molecular complexity index is 683. The van der Waals surface area contributed by atoms with Crippen molar-refractivity contribution in [2.24, 2.45) is 5.84 Å². The van der Waals surface area contributed by atoms with Gasteiger partial charge in [0.15, 0.2) is 0 Å². The molecule has 3 N–H and O–H groups in total. The molecule has 0 spiro atoms. The van der Waals surface area contributed by atoms with Crippen LogP contribution < -0.4 is 11.3 Å². The van der Waals surface area contributed by atoms with Crippen LogP contribution in [0.1, 0.15) is 17.3 Å². The van der Waals surface area contributed by atoms with E-state index in [-0.39, 0.29) is 6.04 Å². The highest BCUT2D eigenvalue weighted by Crippen LogP contribution is 2.22. The Hall–Kier alpha value is -2.37. The molecule has 0 bridgehead atoms. The van der Waals surface area contributed by atoms with Crippen LogP contribution in [-0.4, -0.2) is 15.0 Å². The van der Waals surface area contributed by atoms with Crippen molar-refractivity contribution in [3.05, 3.63) is 66.4 Å². The SMILES string of the molecule is NNC(c1ccc2ncccc2c1)c1ccncn1. The van der Waals surface area contributed by atoms with E-state index in [9.17, 15) is 0 Å². The molecule has 2 aromatic heterocycles. The molecule has 94 valence electrons. The first-order chi connectivity index (χ1) is 9.38. The Morgan fingerprint density at radius 3 is 2.79 bits per heavy atom. The number of hydrazine groups is 1. The lowest BCUT2D eigenvalue weighted by molar-refractivity contribution is 0.619. The van der Waals surface area contributed by atoms with Crippen LogP contribution in [0.5, 0.6) is 0 Å². The van der Waals surface area contributed by atoms with E-state index >= 15 is 0 Å². The molecule has 3 aromatic rings. The largest absolute Gasteiger partial charge is 0.271 e. The number of nitrogens with zero attached hydrogens (tertiary/aromatic N) is 3. The lowest BCUT2D eigenvalue weighted by Gasteiger charge is -2.15. The minimum atomic E-state index is -0.160. The summed E-state index contributed by atoms with van der Waals surface area (Å²) in [6.07, 6.45) is 5.00. The topological polar surface area (TPSA) is 76.7 Å². The zero-order valence-corrected chi connectivity index (χ0v) is 10.2. The molecular weight excluding hydrogens is 238 g/mol. The van der Waals surface area contributed by atoms with Gasteiger partial charge in [-0.25, -0.2) is 15.4 Å². The number of nitrogens with one attached hydrogen (secondary N) is 1. The van der Waals surface area contributed by atoms with E-state index in [0.717, 1.165) is 22.2 Å². The van der Waals surface area contributed by atoms with Crippen LogP contribution in [0.15, 0.2) is 55.1 Å². The molecule has 0 aliphatic heterocycles. The van der Waals surface area contributed by atoms with Gasteiger partial charge in [0, 0.05) is 17.8 Å². The van der Waals surface area contributed by atoms with E-state index in [1.54, 1.807) is 12.4 Å². The van der Waals surface area contributed by atoms with E-state index in [4.69, 9.17) is 5.84 Å². The third-order valence-electron chi connectivity index (χ3n) is 3.03. The Morgan fingerprint density at radius 1 is 1.05 bits per heavy atom. The second-order valence-corrected chi connectivity index (χ2v) is 4.19. The maximum atomic E-state index is 5.65. The summed E-state index contributed by atoms with van der Waals surface area (Å²) >= 11 is 0. The standard InChI is InChI=1S/C14H13N5/c15-19-14(13-5-7-16-9-18-13)11-3-4-12-10(8-11)2-1-6-17-12/h1-9,14,19H,15H2. The fraction of sp³-hybridized carbons (Fsp3) is 0.0714. The molecule has 0 fully saturated rings. The van der Waals surface area contributed by atoms with Crippen molar-refractivity contribution in [2.75, 3.05) is 0 Å². The minimum absolute atomic E-state index is 0.160. The first kappa shape index (κ1) is 11.7. The van der Waals surface area contributed by atoms with Crippen molar-refractivity contribution in [3.63, 3.8) is 0 Å². The summed E-state index contributed by atoms with van der Waals surface area (Å²) in [5.41, 5.74) is 5.63. The normalized spacial score (nSPS) is 12.5. The van der Waals surface area contributed by atoms with Crippen LogP contribution >= 0.6 is 0 Å². The van der Waals surface area contributed by atoms with Gasteiger partial charge >= 0.3 is 0 Å². The maximum absolute atomic E-state index is 5.65. The van der Waals surface area contributed by atoms with Crippen LogP contribution in [0, 0.1) is 0 Å². The predicted molar refractivity (Wildman–Crippen MR) is 72.9 cm³/mol. The lowest BCUT2D eigenvalue weighted by atomic mass is 10.0. The molecule has 5 nitrogen and oxygen atoms in total. The van der Waals surface area contributed by atoms with Gasteiger partial charge in [-0.1, -0.05) is 12.1 Å². The fourth-order valence-corrected chi connectivity index (χ4v) is 2.10. The second kappa shape index (κ2) is 5.09. The van der Waals surface area contributed by atoms with E-state index in [0.29, 0.717) is 0 Å². The number of fused-ring (bicyclic) bond motifs is 1. The minimum Gasteiger partial charge on any atom is -0.271 e. The molecule has 0 saturated carbocycles. The van der Waals surface area contributed by atoms with Crippen LogP contribution in [0.2, 0.25) is 0 Å². The van der Waals surface area contributed by atoms with Gasteiger partial charge in [0.25, 0.3) is 0 Å². The highest BCUT2D eigenvalue weighted by Gasteiger charge is 2.13. The summed E-state index contributed by atoms with van der Waals surface area (Å²) in [6, 6.07) is 11.7. The number of pyridine rings is 1. The highest BCUT2D eigenvalue weighted by molar-refractivity contribution is 5.79. The summed E-state index contributed by atoms with van der Waals surface area (Å²) in [6.45, 7) is 0. The molecule has 0 aliphatic rings. The summed E-state index contributed by atoms with van der Waals surface area (Å²) < 4.78 is 0.